The van der Waals surface area contributed by atoms with Crippen molar-refractivity contribution in [2.75, 3.05) is 6.54 Å². The zero-order valence-electron chi connectivity index (χ0n) is 10.7. The molecule has 1 unspecified atom stereocenters. The minimum atomic E-state index is -0.117. The number of esters is 1. The summed E-state index contributed by atoms with van der Waals surface area (Å²) in [6.07, 6.45) is 5.65. The lowest BCUT2D eigenvalue weighted by Gasteiger charge is -2.19. The van der Waals surface area contributed by atoms with E-state index in [-0.39, 0.29) is 12.0 Å². The first-order valence-corrected chi connectivity index (χ1v) is 6.80. The second kappa shape index (κ2) is 7.17. The molecule has 1 saturated heterocycles. The number of carbonyl (C=O) groups excluding carboxylic acids is 1. The average Bonchev–Trinajstić information content (AvgIpc) is 2.37. The lowest BCUT2D eigenvalue weighted by Crippen LogP contribution is -2.39. The van der Waals surface area contributed by atoms with Gasteiger partial charge in [0.05, 0.1) is 0 Å². The zero-order valence-corrected chi connectivity index (χ0v) is 10.7. The van der Waals surface area contributed by atoms with E-state index >= 15 is 0 Å². The monoisotopic (exact) mass is 247 g/mol. The van der Waals surface area contributed by atoms with Gasteiger partial charge in [0, 0.05) is 0 Å². The highest BCUT2D eigenvalue weighted by molar-refractivity contribution is 5.75. The molecular weight excluding hydrogens is 226 g/mol. The molecule has 0 saturated carbocycles. The zero-order chi connectivity index (χ0) is 12.6. The standard InChI is InChI=1S/C15H21NO2/c17-15(14-10-6-1-2-7-11-16-14)18-12-13-8-4-3-5-9-13/h3-5,8-9,14,16H,1-2,6-7,10-12H2. The van der Waals surface area contributed by atoms with Crippen molar-refractivity contribution in [1.29, 1.82) is 0 Å². The molecule has 0 spiro atoms. The first-order chi connectivity index (χ1) is 8.86. The van der Waals surface area contributed by atoms with Crippen molar-refractivity contribution < 1.29 is 9.53 Å². The lowest BCUT2D eigenvalue weighted by atomic mass is 10.0. The fourth-order valence-corrected chi connectivity index (χ4v) is 2.24. The van der Waals surface area contributed by atoms with Crippen LogP contribution in [0.2, 0.25) is 0 Å². The molecule has 3 nitrogen and oxygen atoms in total. The Bertz CT molecular complexity index is 356. The third-order valence-corrected chi connectivity index (χ3v) is 3.32. The predicted molar refractivity (Wildman–Crippen MR) is 71.1 cm³/mol. The fourth-order valence-electron chi connectivity index (χ4n) is 2.24. The molecule has 3 heteroatoms. The molecule has 1 aromatic carbocycles. The molecule has 1 aliphatic rings. The molecule has 0 aromatic heterocycles. The van der Waals surface area contributed by atoms with Crippen LogP contribution in [0.5, 0.6) is 0 Å². The predicted octanol–water partition coefficient (Wildman–Crippen LogP) is 2.65. The Morgan fingerprint density at radius 2 is 1.94 bits per heavy atom. The second-order valence-electron chi connectivity index (χ2n) is 4.80. The van der Waals surface area contributed by atoms with Gasteiger partial charge >= 0.3 is 5.97 Å². The summed E-state index contributed by atoms with van der Waals surface area (Å²) < 4.78 is 5.36. The lowest BCUT2D eigenvalue weighted by molar-refractivity contribution is -0.147. The van der Waals surface area contributed by atoms with E-state index in [4.69, 9.17) is 4.74 Å². The molecule has 98 valence electrons. The van der Waals surface area contributed by atoms with Gasteiger partial charge in [-0.3, -0.25) is 4.79 Å². The van der Waals surface area contributed by atoms with Crippen LogP contribution >= 0.6 is 0 Å². The summed E-state index contributed by atoms with van der Waals surface area (Å²) in [4.78, 5) is 12.0. The molecule has 2 rings (SSSR count). The van der Waals surface area contributed by atoms with Crippen molar-refractivity contribution in [3.05, 3.63) is 35.9 Å². The number of hydrogen-bond acceptors (Lipinski definition) is 3. The van der Waals surface area contributed by atoms with Gasteiger partial charge in [0.1, 0.15) is 12.6 Å². The maximum Gasteiger partial charge on any atom is 0.323 e. The summed E-state index contributed by atoms with van der Waals surface area (Å²) in [5.41, 5.74) is 1.04. The van der Waals surface area contributed by atoms with Gasteiger partial charge in [-0.05, 0) is 24.9 Å². The van der Waals surface area contributed by atoms with E-state index in [1.807, 2.05) is 30.3 Å². The largest absolute Gasteiger partial charge is 0.460 e. The van der Waals surface area contributed by atoms with Gasteiger partial charge in [0.2, 0.25) is 0 Å². The first-order valence-electron chi connectivity index (χ1n) is 6.80. The maximum absolute atomic E-state index is 12.0. The number of carbonyl (C=O) groups is 1. The molecule has 1 aromatic rings. The minimum Gasteiger partial charge on any atom is -0.460 e. The molecule has 1 atom stereocenters. The van der Waals surface area contributed by atoms with Gasteiger partial charge < -0.3 is 10.1 Å². The molecule has 1 N–H and O–H groups in total. The Morgan fingerprint density at radius 1 is 1.17 bits per heavy atom. The molecule has 0 bridgehead atoms. The van der Waals surface area contributed by atoms with E-state index in [1.54, 1.807) is 0 Å². The van der Waals surface area contributed by atoms with Crippen LogP contribution in [-0.2, 0) is 16.1 Å². The van der Waals surface area contributed by atoms with Crippen LogP contribution in [0.25, 0.3) is 0 Å². The number of ether oxygens (including phenoxy) is 1. The van der Waals surface area contributed by atoms with E-state index in [2.05, 4.69) is 5.32 Å². The molecule has 1 heterocycles. The normalized spacial score (nSPS) is 20.8. The Kier molecular flexibility index (Phi) is 5.21. The van der Waals surface area contributed by atoms with Crippen LogP contribution in [0.15, 0.2) is 30.3 Å². The average molecular weight is 247 g/mol. The van der Waals surface area contributed by atoms with Crippen molar-refractivity contribution in [1.82, 2.24) is 5.32 Å². The third-order valence-electron chi connectivity index (χ3n) is 3.32. The van der Waals surface area contributed by atoms with E-state index in [0.717, 1.165) is 31.4 Å². The summed E-state index contributed by atoms with van der Waals surface area (Å²) >= 11 is 0. The highest BCUT2D eigenvalue weighted by Crippen LogP contribution is 2.11. The van der Waals surface area contributed by atoms with Crippen LogP contribution in [0.4, 0.5) is 0 Å². The number of rotatable bonds is 3. The Balaban J connectivity index is 1.79. The maximum atomic E-state index is 12.0. The van der Waals surface area contributed by atoms with Gasteiger partial charge in [0.15, 0.2) is 0 Å². The van der Waals surface area contributed by atoms with E-state index in [9.17, 15) is 4.79 Å². The van der Waals surface area contributed by atoms with Crippen molar-refractivity contribution in [2.24, 2.45) is 0 Å². The van der Waals surface area contributed by atoms with E-state index in [1.165, 1.54) is 12.8 Å². The summed E-state index contributed by atoms with van der Waals surface area (Å²) in [6, 6.07) is 9.70. The molecule has 0 aliphatic carbocycles. The quantitative estimate of drug-likeness (QED) is 0.834. The molecule has 18 heavy (non-hydrogen) atoms. The Morgan fingerprint density at radius 3 is 2.78 bits per heavy atom. The Hall–Kier alpha value is -1.35. The van der Waals surface area contributed by atoms with Gasteiger partial charge in [0.25, 0.3) is 0 Å². The van der Waals surface area contributed by atoms with Gasteiger partial charge in [-0.25, -0.2) is 0 Å². The van der Waals surface area contributed by atoms with Crippen LogP contribution < -0.4 is 5.32 Å². The van der Waals surface area contributed by atoms with E-state index < -0.39 is 0 Å². The molecule has 0 amide bonds. The molecule has 0 radical (unpaired) electrons. The fraction of sp³-hybridized carbons (Fsp3) is 0.533. The van der Waals surface area contributed by atoms with Crippen molar-refractivity contribution in [3.63, 3.8) is 0 Å². The number of hydrogen-bond donors (Lipinski definition) is 1. The molecule has 1 fully saturated rings. The highest BCUT2D eigenvalue weighted by Gasteiger charge is 2.20. The van der Waals surface area contributed by atoms with Crippen LogP contribution in [-0.4, -0.2) is 18.6 Å². The number of nitrogens with one attached hydrogen (secondary N) is 1. The van der Waals surface area contributed by atoms with Crippen LogP contribution in [0, 0.1) is 0 Å². The second-order valence-corrected chi connectivity index (χ2v) is 4.80. The summed E-state index contributed by atoms with van der Waals surface area (Å²) in [5.74, 6) is -0.110. The van der Waals surface area contributed by atoms with Crippen molar-refractivity contribution >= 4 is 5.97 Å². The van der Waals surface area contributed by atoms with Gasteiger partial charge in [-0.1, -0.05) is 49.6 Å². The topological polar surface area (TPSA) is 38.3 Å². The van der Waals surface area contributed by atoms with Crippen molar-refractivity contribution in [3.8, 4) is 0 Å². The van der Waals surface area contributed by atoms with Gasteiger partial charge in [-0.15, -0.1) is 0 Å². The molecule has 1 aliphatic heterocycles. The SMILES string of the molecule is O=C(OCc1ccccc1)C1CCCCCCN1. The smallest absolute Gasteiger partial charge is 0.323 e. The molecular formula is C15H21NO2. The minimum absolute atomic E-state index is 0.110. The summed E-state index contributed by atoms with van der Waals surface area (Å²) in [7, 11) is 0. The van der Waals surface area contributed by atoms with Crippen LogP contribution in [0.1, 0.15) is 37.7 Å². The van der Waals surface area contributed by atoms with Gasteiger partial charge in [-0.2, -0.15) is 0 Å². The summed E-state index contributed by atoms with van der Waals surface area (Å²) in [5, 5.41) is 3.28. The Labute approximate surface area is 109 Å². The van der Waals surface area contributed by atoms with Crippen LogP contribution in [0.3, 0.4) is 0 Å². The first kappa shape index (κ1) is 13.1. The summed E-state index contributed by atoms with van der Waals surface area (Å²) in [6.45, 7) is 1.29. The number of benzene rings is 1. The van der Waals surface area contributed by atoms with Crippen molar-refractivity contribution in [2.45, 2.75) is 44.8 Å². The van der Waals surface area contributed by atoms with E-state index in [0.29, 0.717) is 6.61 Å². The third kappa shape index (κ3) is 4.15. The highest BCUT2D eigenvalue weighted by atomic mass is 16.5.